The number of aliphatic imine (C=N–C) groups is 2. The molecule has 0 aliphatic carbocycles. The van der Waals surface area contributed by atoms with Crippen LogP contribution in [0.4, 0.5) is 17.3 Å². The van der Waals surface area contributed by atoms with Gasteiger partial charge in [-0.15, -0.1) is 0 Å². The van der Waals surface area contributed by atoms with Gasteiger partial charge in [-0.1, -0.05) is 50.2 Å². The van der Waals surface area contributed by atoms with Crippen molar-refractivity contribution in [3.63, 3.8) is 0 Å². The summed E-state index contributed by atoms with van der Waals surface area (Å²) in [6.07, 6.45) is 1.97. The largest absolute Gasteiger partial charge is 0.677 e. The molecule has 0 bridgehead atoms. The second-order valence-electron chi connectivity index (χ2n) is 15.3. The van der Waals surface area contributed by atoms with Gasteiger partial charge in [-0.3, -0.25) is 27.2 Å². The van der Waals surface area contributed by atoms with Gasteiger partial charge in [0.2, 0.25) is 0 Å². The summed E-state index contributed by atoms with van der Waals surface area (Å²) in [7, 11) is -5.59. The highest BCUT2D eigenvalue weighted by Crippen LogP contribution is 2.51. The average Bonchev–Trinajstić information content (AvgIpc) is 3.77. The molecule has 288 valence electrons. The molecule has 0 unspecified atom stereocenters. The van der Waals surface area contributed by atoms with Crippen molar-refractivity contribution < 1.29 is 22.0 Å². The van der Waals surface area contributed by atoms with Gasteiger partial charge in [0.1, 0.15) is 11.5 Å². The minimum Gasteiger partial charge on any atom is -0.455 e. The summed E-state index contributed by atoms with van der Waals surface area (Å²) in [5.41, 5.74) is 16.1. The van der Waals surface area contributed by atoms with E-state index in [9.17, 15) is 0 Å². The molecule has 7 rings (SSSR count). The van der Waals surface area contributed by atoms with E-state index in [0.717, 1.165) is 88.9 Å². The van der Waals surface area contributed by atoms with Crippen molar-refractivity contribution in [1.29, 1.82) is 0 Å². The summed E-state index contributed by atoms with van der Waals surface area (Å²) in [6.45, 7) is 23.1. The van der Waals surface area contributed by atoms with Crippen LogP contribution in [-0.2, 0) is 6.42 Å². The lowest BCUT2D eigenvalue weighted by Gasteiger charge is -2.28. The van der Waals surface area contributed by atoms with E-state index < -0.39 is 14.8 Å². The molecule has 0 amide bonds. The quantitative estimate of drug-likeness (QED) is 0.115. The van der Waals surface area contributed by atoms with Crippen LogP contribution < -0.4 is 4.74 Å². The standard InChI is InChI=1S/C45H48B2F4N4O/c1-13-34-26(7)40(52-28(34)9)38(42-24(5)22(3)30(11)54(42)46(48)49)36-19-15-17-32-21-33-18-16-20-37(45(33)56-44(32)36)39(41-27(8)35(14-2)29(10)53-41)43-25(6)23(4)31(12)55(43)47(50)51/h15-20H,13-14,21H2,1-12H3/b40-38+,41-39+. The topological polar surface area (TPSA) is 43.8 Å². The number of hydrogen-bond acceptors (Lipinski definition) is 3. The molecule has 3 aliphatic heterocycles. The van der Waals surface area contributed by atoms with Gasteiger partial charge in [0.15, 0.2) is 0 Å². The van der Waals surface area contributed by atoms with Crippen molar-refractivity contribution in [2.24, 2.45) is 9.98 Å². The molecular formula is C45H48B2F4N4O. The Morgan fingerprint density at radius 1 is 0.589 bits per heavy atom. The first-order chi connectivity index (χ1) is 26.5. The number of rotatable bonds is 8. The average molecular weight is 759 g/mol. The van der Waals surface area contributed by atoms with Crippen LogP contribution in [0.3, 0.4) is 0 Å². The number of hydrogen-bond donors (Lipinski definition) is 0. The molecule has 2 aromatic carbocycles. The normalized spacial score (nSPS) is 16.9. The molecule has 0 radical (unpaired) electrons. The van der Waals surface area contributed by atoms with Crippen molar-refractivity contribution in [3.8, 4) is 11.5 Å². The summed E-state index contributed by atoms with van der Waals surface area (Å²) in [6, 6.07) is 11.7. The summed E-state index contributed by atoms with van der Waals surface area (Å²) in [4.78, 5) is 10.1. The Morgan fingerprint density at radius 2 is 0.964 bits per heavy atom. The Kier molecular flexibility index (Phi) is 10.1. The Hall–Kier alpha value is -5.05. The Morgan fingerprint density at radius 3 is 1.29 bits per heavy atom. The lowest BCUT2D eigenvalue weighted by Crippen LogP contribution is -2.19. The highest BCUT2D eigenvalue weighted by Gasteiger charge is 2.37. The van der Waals surface area contributed by atoms with Crippen LogP contribution in [0.2, 0.25) is 0 Å². The minimum absolute atomic E-state index is 0.400. The molecule has 0 saturated heterocycles. The first kappa shape index (κ1) is 39.2. The fourth-order valence-electron chi connectivity index (χ4n) is 9.18. The fraction of sp³-hybridized carbons (Fsp3) is 0.333. The van der Waals surface area contributed by atoms with Crippen molar-refractivity contribution in [2.75, 3.05) is 0 Å². The highest BCUT2D eigenvalue weighted by molar-refractivity contribution is 6.42. The number of para-hydroxylation sites is 2. The fourth-order valence-corrected chi connectivity index (χ4v) is 9.18. The second kappa shape index (κ2) is 14.5. The zero-order chi connectivity index (χ0) is 40.7. The predicted molar refractivity (Wildman–Crippen MR) is 224 cm³/mol. The number of allylic oxidation sites excluding steroid dienone is 4. The van der Waals surface area contributed by atoms with E-state index >= 15 is 17.3 Å². The third-order valence-electron chi connectivity index (χ3n) is 12.5. The van der Waals surface area contributed by atoms with Crippen molar-refractivity contribution in [3.05, 3.63) is 137 Å². The van der Waals surface area contributed by atoms with Crippen LogP contribution >= 0.6 is 0 Å². The van der Waals surface area contributed by atoms with Gasteiger partial charge < -0.3 is 13.7 Å². The molecule has 0 spiro atoms. The monoisotopic (exact) mass is 758 g/mol. The maximum atomic E-state index is 15.2. The van der Waals surface area contributed by atoms with E-state index in [1.807, 2.05) is 91.8 Å². The Labute approximate surface area is 328 Å². The summed E-state index contributed by atoms with van der Waals surface area (Å²) in [5, 5.41) is 0. The van der Waals surface area contributed by atoms with Gasteiger partial charge in [0.05, 0.1) is 11.4 Å². The molecule has 56 heavy (non-hydrogen) atoms. The van der Waals surface area contributed by atoms with Crippen LogP contribution in [0.5, 0.6) is 11.5 Å². The number of fused-ring (bicyclic) bond motifs is 2. The molecule has 11 heteroatoms. The van der Waals surface area contributed by atoms with E-state index in [0.29, 0.717) is 74.4 Å². The van der Waals surface area contributed by atoms with Crippen LogP contribution in [0.25, 0.3) is 11.1 Å². The van der Waals surface area contributed by atoms with Gasteiger partial charge in [0.25, 0.3) is 0 Å². The zero-order valence-electron chi connectivity index (χ0n) is 34.4. The number of nitrogens with zero attached hydrogens (tertiary/aromatic N) is 4. The van der Waals surface area contributed by atoms with Gasteiger partial charge in [-0.2, -0.15) is 0 Å². The Balaban J connectivity index is 1.56. The number of aromatic nitrogens is 2. The van der Waals surface area contributed by atoms with E-state index in [1.54, 1.807) is 13.8 Å². The SMILES string of the molecule is CCC1=C(C)/C(=C(/c2cccc3c2Oc2c(cccc2/C(=C2\N=C(C)C(CC)=C2C)c2c(C)c(C)c(C)n2B(F)F)C3)c2c(C)c(C)c(C)n2B(F)F)N=C1C. The van der Waals surface area contributed by atoms with E-state index in [1.165, 1.54) is 0 Å². The summed E-state index contributed by atoms with van der Waals surface area (Å²) < 4.78 is 70.2. The first-order valence-electron chi connectivity index (χ1n) is 19.4. The first-order valence-corrected chi connectivity index (χ1v) is 19.4. The van der Waals surface area contributed by atoms with Gasteiger partial charge in [0, 0.05) is 62.9 Å². The predicted octanol–water partition coefficient (Wildman–Crippen LogP) is 12.3. The molecule has 0 saturated carbocycles. The van der Waals surface area contributed by atoms with Gasteiger partial charge >= 0.3 is 14.8 Å². The van der Waals surface area contributed by atoms with Gasteiger partial charge in [-0.25, -0.2) is 0 Å². The molecule has 5 nitrogen and oxygen atoms in total. The third-order valence-corrected chi connectivity index (χ3v) is 12.5. The van der Waals surface area contributed by atoms with Crippen molar-refractivity contribution in [2.45, 2.75) is 102 Å². The van der Waals surface area contributed by atoms with Crippen LogP contribution in [0.15, 0.2) is 80.1 Å². The van der Waals surface area contributed by atoms with Crippen molar-refractivity contribution >= 4 is 37.4 Å². The highest BCUT2D eigenvalue weighted by atomic mass is 19.2. The Bertz CT molecular complexity index is 2390. The number of ether oxygens (including phenoxy) is 1. The summed E-state index contributed by atoms with van der Waals surface area (Å²) >= 11 is 0. The molecule has 5 heterocycles. The summed E-state index contributed by atoms with van der Waals surface area (Å²) in [5.74, 6) is 1.06. The molecule has 3 aliphatic rings. The molecule has 0 fully saturated rings. The minimum atomic E-state index is -2.79. The number of halogens is 4. The molecule has 0 N–H and O–H groups in total. The van der Waals surface area contributed by atoms with Crippen LogP contribution in [0.1, 0.15) is 122 Å². The lowest BCUT2D eigenvalue weighted by atomic mass is 9.87. The van der Waals surface area contributed by atoms with E-state index in [4.69, 9.17) is 14.7 Å². The second-order valence-corrected chi connectivity index (χ2v) is 15.3. The molecular weight excluding hydrogens is 710 g/mol. The van der Waals surface area contributed by atoms with Crippen molar-refractivity contribution in [1.82, 2.24) is 8.96 Å². The van der Waals surface area contributed by atoms with E-state index in [-0.39, 0.29) is 0 Å². The maximum absolute atomic E-state index is 15.2. The molecule has 0 atom stereocenters. The maximum Gasteiger partial charge on any atom is 0.677 e. The van der Waals surface area contributed by atoms with E-state index in [2.05, 4.69) is 13.8 Å². The molecule has 2 aromatic heterocycles. The zero-order valence-corrected chi connectivity index (χ0v) is 34.4. The smallest absolute Gasteiger partial charge is 0.455 e. The van der Waals surface area contributed by atoms with Crippen LogP contribution in [0, 0.1) is 41.5 Å². The van der Waals surface area contributed by atoms with Crippen LogP contribution in [-0.4, -0.2) is 35.2 Å². The number of benzene rings is 2. The van der Waals surface area contributed by atoms with Gasteiger partial charge in [-0.05, 0) is 138 Å². The lowest BCUT2D eigenvalue weighted by molar-refractivity contribution is 0.457. The molecule has 4 aromatic rings. The third kappa shape index (κ3) is 5.83.